The van der Waals surface area contributed by atoms with Crippen molar-refractivity contribution in [1.29, 1.82) is 0 Å². The van der Waals surface area contributed by atoms with E-state index in [0.717, 1.165) is 13.0 Å². The summed E-state index contributed by atoms with van der Waals surface area (Å²) in [4.78, 5) is 5.16. The molecule has 0 aromatic carbocycles. The molecule has 0 spiro atoms. The normalized spacial score (nSPS) is 11.6. The van der Waals surface area contributed by atoms with Gasteiger partial charge in [0.05, 0.1) is 0 Å². The van der Waals surface area contributed by atoms with E-state index < -0.39 is 0 Å². The number of hydrogen-bond donors (Lipinski definition) is 2. The van der Waals surface area contributed by atoms with Crippen LogP contribution < -0.4 is 11.1 Å². The average Bonchev–Trinajstić information content (AvgIpc) is 2.57. The predicted molar refractivity (Wildman–Crippen MR) is 53.6 cm³/mol. The van der Waals surface area contributed by atoms with Gasteiger partial charge in [-0.2, -0.15) is 0 Å². The van der Waals surface area contributed by atoms with E-state index in [-0.39, 0.29) is 0 Å². The molecule has 0 amide bonds. The third kappa shape index (κ3) is 2.92. The molecule has 0 bridgehead atoms. The molecule has 0 atom stereocenters. The Balaban J connectivity index is 2.19. The summed E-state index contributed by atoms with van der Waals surface area (Å²) in [6.07, 6.45) is 1.01. The fourth-order valence-electron chi connectivity index (χ4n) is 0.848. The molecule has 3 N–H and O–H groups in total. The molecule has 1 aromatic rings. The summed E-state index contributed by atoms with van der Waals surface area (Å²) in [5.74, 6) is 0.506. The van der Waals surface area contributed by atoms with Crippen molar-refractivity contribution in [1.82, 2.24) is 5.32 Å². The Morgan fingerprint density at radius 1 is 1.75 bits per heavy atom. The molecule has 66 valence electrons. The number of guanidine groups is 1. The van der Waals surface area contributed by atoms with Gasteiger partial charge in [-0.15, -0.1) is 11.3 Å². The van der Waals surface area contributed by atoms with Gasteiger partial charge in [0.2, 0.25) is 0 Å². The van der Waals surface area contributed by atoms with Crippen molar-refractivity contribution in [3.63, 3.8) is 0 Å². The summed E-state index contributed by atoms with van der Waals surface area (Å²) in [6.45, 7) is 0.851. The van der Waals surface area contributed by atoms with Gasteiger partial charge in [-0.05, 0) is 17.9 Å². The number of aliphatic imine (C=N–C) groups is 1. The molecule has 0 fully saturated rings. The lowest BCUT2D eigenvalue weighted by Gasteiger charge is -2.02. The van der Waals surface area contributed by atoms with E-state index in [4.69, 9.17) is 5.73 Å². The lowest BCUT2D eigenvalue weighted by atomic mass is 10.3. The maximum Gasteiger partial charge on any atom is 0.188 e. The van der Waals surface area contributed by atoms with Crippen molar-refractivity contribution < 1.29 is 0 Å². The van der Waals surface area contributed by atoms with Crippen molar-refractivity contribution >= 4 is 17.3 Å². The SMILES string of the molecule is CN=C(N)NCCc1cccs1. The number of nitrogens with one attached hydrogen (secondary N) is 1. The molecular weight excluding hydrogens is 170 g/mol. The van der Waals surface area contributed by atoms with Crippen LogP contribution in [0.25, 0.3) is 0 Å². The second-order valence-corrected chi connectivity index (χ2v) is 3.40. The molecule has 12 heavy (non-hydrogen) atoms. The van der Waals surface area contributed by atoms with Crippen molar-refractivity contribution in [2.24, 2.45) is 10.7 Å². The first-order valence-electron chi connectivity index (χ1n) is 3.81. The van der Waals surface area contributed by atoms with Gasteiger partial charge in [0.25, 0.3) is 0 Å². The second kappa shape index (κ2) is 4.77. The Morgan fingerprint density at radius 3 is 3.17 bits per heavy atom. The topological polar surface area (TPSA) is 50.4 Å². The molecule has 1 heterocycles. The minimum atomic E-state index is 0.506. The third-order valence-electron chi connectivity index (χ3n) is 1.50. The van der Waals surface area contributed by atoms with Gasteiger partial charge in [0, 0.05) is 18.5 Å². The summed E-state index contributed by atoms with van der Waals surface area (Å²) in [5.41, 5.74) is 5.45. The fourth-order valence-corrected chi connectivity index (χ4v) is 1.56. The summed E-state index contributed by atoms with van der Waals surface area (Å²) in [5, 5.41) is 5.08. The van der Waals surface area contributed by atoms with Crippen LogP contribution in [0.3, 0.4) is 0 Å². The van der Waals surface area contributed by atoms with E-state index in [1.807, 2.05) is 0 Å². The Labute approximate surface area is 76.3 Å². The van der Waals surface area contributed by atoms with Crippen molar-refractivity contribution in [2.45, 2.75) is 6.42 Å². The minimum Gasteiger partial charge on any atom is -0.370 e. The summed E-state index contributed by atoms with van der Waals surface area (Å²) in [6, 6.07) is 4.17. The quantitative estimate of drug-likeness (QED) is 0.538. The smallest absolute Gasteiger partial charge is 0.188 e. The van der Waals surface area contributed by atoms with Crippen molar-refractivity contribution in [3.8, 4) is 0 Å². The Hall–Kier alpha value is -1.03. The standard InChI is InChI=1S/C8H13N3S/c1-10-8(9)11-5-4-7-3-2-6-12-7/h2-3,6H,4-5H2,1H3,(H3,9,10,11). The zero-order chi connectivity index (χ0) is 8.81. The first kappa shape index (κ1) is 9.06. The zero-order valence-corrected chi connectivity index (χ0v) is 7.90. The first-order valence-corrected chi connectivity index (χ1v) is 4.69. The number of nitrogens with two attached hydrogens (primary N) is 1. The summed E-state index contributed by atoms with van der Waals surface area (Å²) < 4.78 is 0. The highest BCUT2D eigenvalue weighted by molar-refractivity contribution is 7.09. The molecule has 0 saturated carbocycles. The van der Waals surface area contributed by atoms with Gasteiger partial charge in [-0.3, -0.25) is 4.99 Å². The number of rotatable bonds is 3. The van der Waals surface area contributed by atoms with E-state index in [0.29, 0.717) is 5.96 Å². The fraction of sp³-hybridized carbons (Fsp3) is 0.375. The molecule has 3 nitrogen and oxygen atoms in total. The van der Waals surface area contributed by atoms with Gasteiger partial charge in [0.1, 0.15) is 0 Å². The highest BCUT2D eigenvalue weighted by Crippen LogP contribution is 2.07. The molecule has 0 aliphatic carbocycles. The number of thiophene rings is 1. The predicted octanol–water partition coefficient (Wildman–Crippen LogP) is 0.825. The maximum absolute atomic E-state index is 5.45. The van der Waals surface area contributed by atoms with Gasteiger partial charge < -0.3 is 11.1 Å². The van der Waals surface area contributed by atoms with Crippen LogP contribution in [0.5, 0.6) is 0 Å². The first-order chi connectivity index (χ1) is 5.83. The van der Waals surface area contributed by atoms with Crippen LogP contribution in [0.2, 0.25) is 0 Å². The van der Waals surface area contributed by atoms with E-state index >= 15 is 0 Å². The van der Waals surface area contributed by atoms with Crippen LogP contribution in [-0.2, 0) is 6.42 Å². The lowest BCUT2D eigenvalue weighted by Crippen LogP contribution is -2.32. The van der Waals surface area contributed by atoms with E-state index in [9.17, 15) is 0 Å². The maximum atomic E-state index is 5.45. The molecule has 0 radical (unpaired) electrons. The summed E-state index contributed by atoms with van der Waals surface area (Å²) in [7, 11) is 1.67. The molecule has 1 rings (SSSR count). The highest BCUT2D eigenvalue weighted by Gasteiger charge is 1.93. The molecule has 0 aliphatic rings. The van der Waals surface area contributed by atoms with Gasteiger partial charge in [0.15, 0.2) is 5.96 Å². The largest absolute Gasteiger partial charge is 0.370 e. The number of nitrogens with zero attached hydrogens (tertiary/aromatic N) is 1. The Bertz CT molecular complexity index is 241. The molecule has 0 aliphatic heterocycles. The molecule has 0 saturated heterocycles. The average molecular weight is 183 g/mol. The van der Waals surface area contributed by atoms with Crippen molar-refractivity contribution in [3.05, 3.63) is 22.4 Å². The van der Waals surface area contributed by atoms with Crippen LogP contribution in [0, 0.1) is 0 Å². The van der Waals surface area contributed by atoms with Crippen LogP contribution in [0.1, 0.15) is 4.88 Å². The van der Waals surface area contributed by atoms with Gasteiger partial charge >= 0.3 is 0 Å². The Morgan fingerprint density at radius 2 is 2.58 bits per heavy atom. The second-order valence-electron chi connectivity index (χ2n) is 2.36. The molecule has 4 heteroatoms. The van der Waals surface area contributed by atoms with E-state index in [1.165, 1.54) is 4.88 Å². The minimum absolute atomic E-state index is 0.506. The summed E-state index contributed by atoms with van der Waals surface area (Å²) >= 11 is 1.76. The highest BCUT2D eigenvalue weighted by atomic mass is 32.1. The van der Waals surface area contributed by atoms with Crippen LogP contribution in [0.15, 0.2) is 22.5 Å². The molecular formula is C8H13N3S. The molecule has 0 unspecified atom stereocenters. The van der Waals surface area contributed by atoms with Crippen LogP contribution in [0.4, 0.5) is 0 Å². The van der Waals surface area contributed by atoms with Gasteiger partial charge in [-0.25, -0.2) is 0 Å². The van der Waals surface area contributed by atoms with Gasteiger partial charge in [-0.1, -0.05) is 6.07 Å². The van der Waals surface area contributed by atoms with Crippen LogP contribution >= 0.6 is 11.3 Å². The van der Waals surface area contributed by atoms with E-state index in [1.54, 1.807) is 18.4 Å². The monoisotopic (exact) mass is 183 g/mol. The number of hydrogen-bond acceptors (Lipinski definition) is 2. The van der Waals surface area contributed by atoms with Crippen molar-refractivity contribution in [2.75, 3.05) is 13.6 Å². The lowest BCUT2D eigenvalue weighted by molar-refractivity contribution is 0.867. The molecule has 1 aromatic heterocycles. The zero-order valence-electron chi connectivity index (χ0n) is 7.08. The Kier molecular flexibility index (Phi) is 3.60. The van der Waals surface area contributed by atoms with E-state index in [2.05, 4.69) is 27.8 Å². The third-order valence-corrected chi connectivity index (χ3v) is 2.43. The van der Waals surface area contributed by atoms with Crippen LogP contribution in [-0.4, -0.2) is 19.6 Å².